The lowest BCUT2D eigenvalue weighted by Crippen LogP contribution is -2.51. The summed E-state index contributed by atoms with van der Waals surface area (Å²) in [4.78, 5) is 18.8. The van der Waals surface area contributed by atoms with Crippen LogP contribution >= 0.6 is 0 Å². The molecule has 3 aromatic rings. The Bertz CT molecular complexity index is 1050. The van der Waals surface area contributed by atoms with E-state index in [0.717, 1.165) is 25.9 Å². The van der Waals surface area contributed by atoms with Crippen molar-refractivity contribution in [1.82, 2.24) is 14.5 Å². The van der Waals surface area contributed by atoms with Crippen LogP contribution in [-0.2, 0) is 5.54 Å². The number of aromatic nitrogens is 2. The molecule has 1 N–H and O–H groups in total. The lowest BCUT2D eigenvalue weighted by Gasteiger charge is -2.46. The number of pyridine rings is 1. The van der Waals surface area contributed by atoms with Gasteiger partial charge in [0.2, 0.25) is 0 Å². The Balaban J connectivity index is 1.45. The number of nitrogens with zero attached hydrogens (tertiary/aromatic N) is 3. The van der Waals surface area contributed by atoms with Crippen LogP contribution in [0.4, 0.5) is 5.69 Å². The number of likely N-dealkylation sites (tertiary alicyclic amines) is 1. The third-order valence-corrected chi connectivity index (χ3v) is 6.37. The molecule has 0 radical (unpaired) electrons. The van der Waals surface area contributed by atoms with Crippen LogP contribution < -0.4 is 5.32 Å². The Morgan fingerprint density at radius 1 is 1.11 bits per heavy atom. The molecule has 28 heavy (non-hydrogen) atoms. The minimum Gasteiger partial charge on any atom is -0.372 e. The number of hydrogen-bond acceptors (Lipinski definition) is 3. The number of amides is 1. The summed E-state index contributed by atoms with van der Waals surface area (Å²) >= 11 is 0. The van der Waals surface area contributed by atoms with Gasteiger partial charge in [0.05, 0.1) is 22.5 Å². The maximum absolute atomic E-state index is 12.8. The van der Waals surface area contributed by atoms with Gasteiger partial charge in [0.15, 0.2) is 0 Å². The zero-order chi connectivity index (χ0) is 19.3. The summed E-state index contributed by atoms with van der Waals surface area (Å²) in [5.41, 5.74) is 6.86. The molecule has 4 heterocycles. The van der Waals surface area contributed by atoms with Crippen molar-refractivity contribution in [3.05, 3.63) is 77.4 Å². The largest absolute Gasteiger partial charge is 0.372 e. The number of nitrogens with one attached hydrogen (secondary N) is 1. The smallest absolute Gasteiger partial charge is 0.255 e. The highest BCUT2D eigenvalue weighted by atomic mass is 16.2. The number of fused-ring (bicyclic) bond motifs is 4. The molecular formula is C23H24N4O. The molecule has 0 atom stereocenters. The lowest BCUT2D eigenvalue weighted by molar-refractivity contribution is 0.0676. The van der Waals surface area contributed by atoms with Crippen LogP contribution in [0.2, 0.25) is 0 Å². The van der Waals surface area contributed by atoms with E-state index in [1.807, 2.05) is 17.0 Å². The van der Waals surface area contributed by atoms with Gasteiger partial charge in [-0.3, -0.25) is 9.78 Å². The molecule has 1 saturated heterocycles. The summed E-state index contributed by atoms with van der Waals surface area (Å²) in [6.45, 7) is 5.80. The van der Waals surface area contributed by atoms with Crippen LogP contribution in [0.5, 0.6) is 0 Å². The number of piperidine rings is 1. The zero-order valence-corrected chi connectivity index (χ0v) is 16.3. The Kier molecular flexibility index (Phi) is 3.79. The van der Waals surface area contributed by atoms with E-state index >= 15 is 0 Å². The first-order valence-corrected chi connectivity index (χ1v) is 9.85. The Morgan fingerprint density at radius 2 is 1.93 bits per heavy atom. The third-order valence-electron chi connectivity index (χ3n) is 6.37. The number of rotatable bonds is 1. The van der Waals surface area contributed by atoms with Gasteiger partial charge in [0, 0.05) is 37.4 Å². The average Bonchev–Trinajstić information content (AvgIpc) is 3.22. The van der Waals surface area contributed by atoms with E-state index in [-0.39, 0.29) is 11.4 Å². The molecule has 2 aromatic heterocycles. The van der Waals surface area contributed by atoms with E-state index in [1.165, 1.54) is 28.2 Å². The Morgan fingerprint density at radius 3 is 2.68 bits per heavy atom. The number of carbonyl (C=O) groups is 1. The normalized spacial score (nSPS) is 17.0. The quantitative estimate of drug-likeness (QED) is 0.701. The van der Waals surface area contributed by atoms with E-state index in [0.29, 0.717) is 5.56 Å². The lowest BCUT2D eigenvalue weighted by atomic mass is 9.81. The molecule has 142 valence electrons. The minimum absolute atomic E-state index is 0.0704. The van der Waals surface area contributed by atoms with Gasteiger partial charge in [-0.2, -0.15) is 0 Å². The molecule has 5 rings (SSSR count). The number of anilines is 1. The summed E-state index contributed by atoms with van der Waals surface area (Å²) in [5, 5.41) is 3.85. The SMILES string of the molecule is Cc1ccc2c(c1C)-n1cccc1C1(CCN(C(=O)c3cccnc3)CC1)N2. The maximum Gasteiger partial charge on any atom is 0.255 e. The van der Waals surface area contributed by atoms with E-state index in [4.69, 9.17) is 0 Å². The first-order chi connectivity index (χ1) is 13.6. The van der Waals surface area contributed by atoms with E-state index in [9.17, 15) is 4.79 Å². The standard InChI is InChI=1S/C23H24N4O/c1-16-7-8-19-21(17(16)2)27-12-4-6-20(27)23(25-19)9-13-26(14-10-23)22(28)18-5-3-11-24-15-18/h3-8,11-12,15,25H,9-10,13-14H2,1-2H3. The summed E-state index contributed by atoms with van der Waals surface area (Å²) in [6, 6.07) is 12.4. The van der Waals surface area contributed by atoms with Gasteiger partial charge in [0.1, 0.15) is 0 Å². The van der Waals surface area contributed by atoms with E-state index < -0.39 is 0 Å². The molecule has 1 amide bonds. The second kappa shape index (κ2) is 6.23. The van der Waals surface area contributed by atoms with Crippen LogP contribution in [0, 0.1) is 13.8 Å². The van der Waals surface area contributed by atoms with Crippen LogP contribution in [-0.4, -0.2) is 33.4 Å². The average molecular weight is 372 g/mol. The van der Waals surface area contributed by atoms with Gasteiger partial charge >= 0.3 is 0 Å². The fourth-order valence-corrected chi connectivity index (χ4v) is 4.64. The molecule has 0 unspecified atom stereocenters. The molecule has 0 aliphatic carbocycles. The number of carbonyl (C=O) groups excluding carboxylic acids is 1. The molecule has 5 nitrogen and oxygen atoms in total. The summed E-state index contributed by atoms with van der Waals surface area (Å²) < 4.78 is 2.34. The van der Waals surface area contributed by atoms with Crippen molar-refractivity contribution in [2.75, 3.05) is 18.4 Å². The van der Waals surface area contributed by atoms with Gasteiger partial charge in [0.25, 0.3) is 5.91 Å². The van der Waals surface area contributed by atoms with Crippen molar-refractivity contribution < 1.29 is 4.79 Å². The van der Waals surface area contributed by atoms with Crippen LogP contribution in [0.25, 0.3) is 5.69 Å². The van der Waals surface area contributed by atoms with Crippen LogP contribution in [0.15, 0.2) is 55.0 Å². The maximum atomic E-state index is 12.8. The van der Waals surface area contributed by atoms with Crippen molar-refractivity contribution in [3.63, 3.8) is 0 Å². The first-order valence-electron chi connectivity index (χ1n) is 9.85. The molecule has 2 aliphatic rings. The molecule has 1 aromatic carbocycles. The molecule has 0 bridgehead atoms. The second-order valence-electron chi connectivity index (χ2n) is 7.91. The van der Waals surface area contributed by atoms with Gasteiger partial charge in [-0.1, -0.05) is 6.07 Å². The fraction of sp³-hybridized carbons (Fsp3) is 0.304. The van der Waals surface area contributed by atoms with Gasteiger partial charge in [-0.25, -0.2) is 0 Å². The molecule has 1 spiro atoms. The topological polar surface area (TPSA) is 50.2 Å². The highest BCUT2D eigenvalue weighted by Gasteiger charge is 2.42. The minimum atomic E-state index is -0.135. The monoisotopic (exact) mass is 372 g/mol. The molecule has 1 fully saturated rings. The van der Waals surface area contributed by atoms with Crippen molar-refractivity contribution in [2.24, 2.45) is 0 Å². The van der Waals surface area contributed by atoms with Crippen molar-refractivity contribution >= 4 is 11.6 Å². The van der Waals surface area contributed by atoms with E-state index in [2.05, 4.69) is 59.2 Å². The van der Waals surface area contributed by atoms with Gasteiger partial charge in [-0.15, -0.1) is 0 Å². The van der Waals surface area contributed by atoms with Crippen molar-refractivity contribution in [3.8, 4) is 5.69 Å². The number of hydrogen-bond donors (Lipinski definition) is 1. The summed E-state index contributed by atoms with van der Waals surface area (Å²) in [6.07, 6.45) is 7.28. The molecule has 5 heteroatoms. The number of aryl methyl sites for hydroxylation is 1. The molecule has 2 aliphatic heterocycles. The predicted molar refractivity (Wildman–Crippen MR) is 110 cm³/mol. The van der Waals surface area contributed by atoms with E-state index in [1.54, 1.807) is 12.4 Å². The third kappa shape index (κ3) is 2.46. The first kappa shape index (κ1) is 17.0. The fourth-order valence-electron chi connectivity index (χ4n) is 4.64. The second-order valence-corrected chi connectivity index (χ2v) is 7.91. The highest BCUT2D eigenvalue weighted by molar-refractivity contribution is 5.94. The van der Waals surface area contributed by atoms with Crippen molar-refractivity contribution in [1.29, 1.82) is 0 Å². The summed E-state index contributed by atoms with van der Waals surface area (Å²) in [7, 11) is 0. The Labute approximate surface area is 165 Å². The predicted octanol–water partition coefficient (Wildman–Crippen LogP) is 4.05. The Hall–Kier alpha value is -3.08. The van der Waals surface area contributed by atoms with Crippen molar-refractivity contribution in [2.45, 2.75) is 32.2 Å². The highest BCUT2D eigenvalue weighted by Crippen LogP contribution is 2.44. The molecule has 0 saturated carbocycles. The number of benzene rings is 1. The summed E-state index contributed by atoms with van der Waals surface area (Å²) in [5.74, 6) is 0.0704. The molecular weight excluding hydrogens is 348 g/mol. The van der Waals surface area contributed by atoms with Gasteiger partial charge < -0.3 is 14.8 Å². The van der Waals surface area contributed by atoms with Crippen LogP contribution in [0.1, 0.15) is 40.0 Å². The van der Waals surface area contributed by atoms with Gasteiger partial charge in [-0.05, 0) is 68.1 Å². The zero-order valence-electron chi connectivity index (χ0n) is 16.3. The van der Waals surface area contributed by atoms with Crippen LogP contribution in [0.3, 0.4) is 0 Å².